The van der Waals surface area contributed by atoms with E-state index in [1.165, 1.54) is 22.5 Å². The molecule has 3 nitrogen and oxygen atoms in total. The fraction of sp³-hybridized carbons (Fsp3) is 0.375. The molecule has 0 radical (unpaired) electrons. The van der Waals surface area contributed by atoms with Crippen LogP contribution in [0.25, 0.3) is 0 Å². The van der Waals surface area contributed by atoms with Crippen molar-refractivity contribution in [3.8, 4) is 0 Å². The van der Waals surface area contributed by atoms with Crippen LogP contribution in [-0.2, 0) is 10.0 Å². The van der Waals surface area contributed by atoms with Crippen LogP contribution < -0.4 is 4.72 Å². The van der Waals surface area contributed by atoms with Gasteiger partial charge < -0.3 is 0 Å². The molecule has 1 saturated carbocycles. The van der Waals surface area contributed by atoms with Crippen LogP contribution in [0.15, 0.2) is 39.9 Å². The van der Waals surface area contributed by atoms with Crippen molar-refractivity contribution in [3.05, 3.63) is 51.9 Å². The summed E-state index contributed by atoms with van der Waals surface area (Å²) in [5.41, 5.74) is 2.72. The average Bonchev–Trinajstić information content (AvgIpc) is 2.95. The highest BCUT2D eigenvalue weighted by Crippen LogP contribution is 2.49. The van der Waals surface area contributed by atoms with Gasteiger partial charge in [-0.2, -0.15) is 0 Å². The molecule has 1 N–H and O–H groups in total. The van der Waals surface area contributed by atoms with Crippen molar-refractivity contribution in [1.29, 1.82) is 0 Å². The van der Waals surface area contributed by atoms with Crippen LogP contribution in [0, 0.1) is 0 Å². The van der Waals surface area contributed by atoms with E-state index in [-0.39, 0.29) is 16.2 Å². The van der Waals surface area contributed by atoms with E-state index >= 15 is 0 Å². The molecule has 0 amide bonds. The van der Waals surface area contributed by atoms with Gasteiger partial charge in [0.1, 0.15) is 0 Å². The van der Waals surface area contributed by atoms with E-state index in [0.29, 0.717) is 10.9 Å². The Morgan fingerprint density at radius 2 is 1.91 bits per heavy atom. The van der Waals surface area contributed by atoms with Crippen molar-refractivity contribution in [2.75, 3.05) is 0 Å². The van der Waals surface area contributed by atoms with Crippen LogP contribution in [0.4, 0.5) is 0 Å². The van der Waals surface area contributed by atoms with Crippen molar-refractivity contribution in [1.82, 2.24) is 4.72 Å². The highest BCUT2D eigenvalue weighted by molar-refractivity contribution is 7.91. The molecule has 5 rings (SSSR count). The maximum atomic E-state index is 12.6. The fourth-order valence-corrected chi connectivity index (χ4v) is 6.89. The monoisotopic (exact) mass is 353 g/mol. The van der Waals surface area contributed by atoms with Gasteiger partial charge >= 0.3 is 0 Å². The molecular weight excluding hydrogens is 338 g/mol. The topological polar surface area (TPSA) is 46.2 Å². The molecule has 1 aromatic carbocycles. The third kappa shape index (κ3) is 2.31. The first-order chi connectivity index (χ1) is 10.6. The number of hydrogen-bond acceptors (Lipinski definition) is 3. The zero-order valence-electron chi connectivity index (χ0n) is 11.8. The standard InChI is InChI=1S/C16H16ClNO2S2/c17-14-7-8-21-16(14)22(19,20)18-15-9-10-5-6-13(15)12-4-2-1-3-11(10)12/h1-4,7-8,10,13,15,18H,5-6,9H2. The maximum Gasteiger partial charge on any atom is 0.251 e. The van der Waals surface area contributed by atoms with E-state index in [1.807, 2.05) is 6.07 Å². The molecule has 3 unspecified atom stereocenters. The van der Waals surface area contributed by atoms with E-state index in [2.05, 4.69) is 22.9 Å². The van der Waals surface area contributed by atoms with Crippen LogP contribution >= 0.6 is 22.9 Å². The Morgan fingerprint density at radius 3 is 2.64 bits per heavy atom. The minimum Gasteiger partial charge on any atom is -0.207 e. The van der Waals surface area contributed by atoms with E-state index < -0.39 is 10.0 Å². The molecule has 2 aromatic rings. The molecule has 116 valence electrons. The predicted octanol–water partition coefficient (Wildman–Crippen LogP) is 4.11. The summed E-state index contributed by atoms with van der Waals surface area (Å²) in [7, 11) is -3.54. The van der Waals surface area contributed by atoms with Crippen molar-refractivity contribution >= 4 is 33.0 Å². The summed E-state index contributed by atoms with van der Waals surface area (Å²) in [4.78, 5) is 0. The largest absolute Gasteiger partial charge is 0.251 e. The van der Waals surface area contributed by atoms with Crippen LogP contribution in [0.2, 0.25) is 5.02 Å². The third-order valence-electron chi connectivity index (χ3n) is 4.82. The Balaban J connectivity index is 1.65. The van der Waals surface area contributed by atoms with Gasteiger partial charge in [0.15, 0.2) is 4.21 Å². The van der Waals surface area contributed by atoms with Crippen molar-refractivity contribution in [3.63, 3.8) is 0 Å². The molecule has 0 spiro atoms. The molecule has 22 heavy (non-hydrogen) atoms. The number of rotatable bonds is 3. The second kappa shape index (κ2) is 5.34. The van der Waals surface area contributed by atoms with Gasteiger partial charge in [-0.1, -0.05) is 35.9 Å². The molecule has 0 saturated heterocycles. The SMILES string of the molecule is O=S(=O)(NC1CC2CCC1c1ccccc12)c1sccc1Cl. The number of fused-ring (bicyclic) bond motifs is 2. The molecule has 1 aromatic heterocycles. The lowest BCUT2D eigenvalue weighted by Gasteiger charge is -2.44. The average molecular weight is 354 g/mol. The molecule has 1 fully saturated rings. The lowest BCUT2D eigenvalue weighted by molar-refractivity contribution is 0.297. The highest BCUT2D eigenvalue weighted by atomic mass is 35.5. The van der Waals surface area contributed by atoms with Crippen LogP contribution in [0.1, 0.15) is 42.2 Å². The lowest BCUT2D eigenvalue weighted by Crippen LogP contribution is -2.45. The Labute approximate surface area is 139 Å². The van der Waals surface area contributed by atoms with Gasteiger partial charge in [-0.25, -0.2) is 13.1 Å². The lowest BCUT2D eigenvalue weighted by atomic mass is 9.65. The normalized spacial score (nSPS) is 26.9. The Bertz CT molecular complexity index is 815. The van der Waals surface area contributed by atoms with E-state index in [4.69, 9.17) is 11.6 Å². The van der Waals surface area contributed by atoms with Gasteiger partial charge in [-0.05, 0) is 47.8 Å². The van der Waals surface area contributed by atoms with Gasteiger partial charge in [0.25, 0.3) is 10.0 Å². The highest BCUT2D eigenvalue weighted by Gasteiger charge is 2.41. The Hall–Kier alpha value is -0.880. The zero-order chi connectivity index (χ0) is 15.3. The first-order valence-corrected chi connectivity index (χ1v) is 10.1. The van der Waals surface area contributed by atoms with Crippen LogP contribution in [-0.4, -0.2) is 14.5 Å². The van der Waals surface area contributed by atoms with Crippen molar-refractivity contribution < 1.29 is 8.42 Å². The zero-order valence-corrected chi connectivity index (χ0v) is 14.2. The second-order valence-corrected chi connectivity index (χ2v) is 9.26. The number of benzene rings is 1. The number of hydrogen-bond donors (Lipinski definition) is 1. The predicted molar refractivity (Wildman–Crippen MR) is 89.2 cm³/mol. The molecule has 2 bridgehead atoms. The molecule has 6 heteroatoms. The fourth-order valence-electron chi connectivity index (χ4n) is 3.90. The van der Waals surface area contributed by atoms with Gasteiger partial charge in [-0.15, -0.1) is 11.3 Å². The minimum atomic E-state index is -3.54. The minimum absolute atomic E-state index is 0.0307. The summed E-state index contributed by atoms with van der Waals surface area (Å²) < 4.78 is 28.3. The molecule has 3 aliphatic carbocycles. The van der Waals surface area contributed by atoms with Gasteiger partial charge in [0.05, 0.1) is 5.02 Å². The van der Waals surface area contributed by atoms with Gasteiger partial charge in [0.2, 0.25) is 0 Å². The smallest absolute Gasteiger partial charge is 0.207 e. The van der Waals surface area contributed by atoms with Crippen molar-refractivity contribution in [2.45, 2.75) is 41.3 Å². The number of nitrogens with one attached hydrogen (secondary N) is 1. The van der Waals surface area contributed by atoms with E-state index in [0.717, 1.165) is 19.3 Å². The second-order valence-electron chi connectivity index (χ2n) is 6.03. The van der Waals surface area contributed by atoms with E-state index in [1.54, 1.807) is 11.4 Å². The third-order valence-corrected chi connectivity index (χ3v) is 8.33. The number of sulfonamides is 1. The summed E-state index contributed by atoms with van der Waals surface area (Å²) in [6.45, 7) is 0. The summed E-state index contributed by atoms with van der Waals surface area (Å²) in [6, 6.07) is 10.0. The summed E-state index contributed by atoms with van der Waals surface area (Å²) in [6.07, 6.45) is 3.08. The molecule has 0 aliphatic heterocycles. The van der Waals surface area contributed by atoms with Crippen LogP contribution in [0.3, 0.4) is 0 Å². The van der Waals surface area contributed by atoms with Crippen LogP contribution in [0.5, 0.6) is 0 Å². The summed E-state index contributed by atoms with van der Waals surface area (Å²) in [5.74, 6) is 0.738. The quantitative estimate of drug-likeness (QED) is 0.902. The summed E-state index contributed by atoms with van der Waals surface area (Å²) in [5, 5.41) is 2.01. The molecule has 3 atom stereocenters. The number of thiophene rings is 1. The van der Waals surface area contributed by atoms with Gasteiger partial charge in [0, 0.05) is 12.0 Å². The Kier molecular flexibility index (Phi) is 3.57. The van der Waals surface area contributed by atoms with E-state index in [9.17, 15) is 8.42 Å². The molecular formula is C16H16ClNO2S2. The number of halogens is 1. The first kappa shape index (κ1) is 14.7. The molecule has 1 heterocycles. The van der Waals surface area contributed by atoms with Gasteiger partial charge in [-0.3, -0.25) is 0 Å². The van der Waals surface area contributed by atoms with Crippen molar-refractivity contribution in [2.24, 2.45) is 0 Å². The first-order valence-electron chi connectivity index (χ1n) is 7.40. The summed E-state index contributed by atoms with van der Waals surface area (Å²) >= 11 is 7.16. The Morgan fingerprint density at radius 1 is 1.14 bits per heavy atom. The molecule has 3 aliphatic rings. The maximum absolute atomic E-state index is 12.6.